The molecule has 0 aliphatic carbocycles. The van der Waals surface area contributed by atoms with Gasteiger partial charge < -0.3 is 15.1 Å². The van der Waals surface area contributed by atoms with Gasteiger partial charge in [-0.05, 0) is 50.2 Å². The summed E-state index contributed by atoms with van der Waals surface area (Å²) in [7, 11) is 0. The molecule has 1 heterocycles. The molecule has 0 aliphatic heterocycles. The third kappa shape index (κ3) is 4.16. The summed E-state index contributed by atoms with van der Waals surface area (Å²) >= 11 is 0. The number of nitrogens with one attached hydrogen (secondary N) is 2. The molecule has 132 valence electrons. The fraction of sp³-hybridized carbons (Fsp3) is 0.150. The maximum atomic E-state index is 12.2. The highest BCUT2D eigenvalue weighted by Crippen LogP contribution is 2.12. The van der Waals surface area contributed by atoms with Crippen molar-refractivity contribution in [3.05, 3.63) is 83.1 Å². The number of carbonyl (C=O) groups is 2. The number of anilines is 1. The van der Waals surface area contributed by atoms with E-state index < -0.39 is 0 Å². The number of carbonyl (C=O) groups excluding carboxylic acids is 2. The quantitative estimate of drug-likeness (QED) is 0.739. The van der Waals surface area contributed by atoms with Gasteiger partial charge in [0.15, 0.2) is 0 Å². The highest BCUT2D eigenvalue weighted by atomic mass is 16.4. The number of aryl methyl sites for hydroxylation is 2. The average molecular weight is 349 g/mol. The molecule has 6 nitrogen and oxygen atoms in total. The number of amides is 2. The maximum absolute atomic E-state index is 12.2. The van der Waals surface area contributed by atoms with E-state index in [0.717, 1.165) is 11.5 Å². The van der Waals surface area contributed by atoms with Crippen molar-refractivity contribution < 1.29 is 14.0 Å². The first kappa shape index (κ1) is 17.4. The number of oxazole rings is 1. The molecule has 0 aliphatic rings. The molecule has 2 amide bonds. The molecule has 0 atom stereocenters. The molecule has 6 heteroatoms. The molecule has 2 aromatic carbocycles. The third-order valence-corrected chi connectivity index (χ3v) is 3.91. The summed E-state index contributed by atoms with van der Waals surface area (Å²) in [5, 5.41) is 5.55. The predicted molar refractivity (Wildman–Crippen MR) is 98.0 cm³/mol. The van der Waals surface area contributed by atoms with Gasteiger partial charge in [0.05, 0.1) is 12.2 Å². The molecular weight excluding hydrogens is 330 g/mol. The Morgan fingerprint density at radius 1 is 0.923 bits per heavy atom. The minimum atomic E-state index is -0.237. The van der Waals surface area contributed by atoms with Crippen LogP contribution in [0.4, 0.5) is 5.69 Å². The van der Waals surface area contributed by atoms with E-state index in [1.165, 1.54) is 0 Å². The summed E-state index contributed by atoms with van der Waals surface area (Å²) in [6, 6.07) is 15.6. The van der Waals surface area contributed by atoms with Crippen molar-refractivity contribution in [2.24, 2.45) is 0 Å². The minimum absolute atomic E-state index is 0.197. The van der Waals surface area contributed by atoms with E-state index in [2.05, 4.69) is 15.6 Å². The van der Waals surface area contributed by atoms with Crippen LogP contribution in [0.25, 0.3) is 0 Å². The molecule has 26 heavy (non-hydrogen) atoms. The van der Waals surface area contributed by atoms with Crippen molar-refractivity contribution in [2.45, 2.75) is 20.4 Å². The number of benzene rings is 2. The Morgan fingerprint density at radius 2 is 1.58 bits per heavy atom. The number of rotatable bonds is 5. The van der Waals surface area contributed by atoms with Crippen LogP contribution in [0.5, 0.6) is 0 Å². The van der Waals surface area contributed by atoms with Crippen molar-refractivity contribution in [3.8, 4) is 0 Å². The van der Waals surface area contributed by atoms with Gasteiger partial charge in [-0.2, -0.15) is 0 Å². The van der Waals surface area contributed by atoms with Crippen LogP contribution in [0, 0.1) is 13.8 Å². The van der Waals surface area contributed by atoms with E-state index in [9.17, 15) is 9.59 Å². The van der Waals surface area contributed by atoms with E-state index in [-0.39, 0.29) is 18.4 Å². The summed E-state index contributed by atoms with van der Waals surface area (Å²) in [4.78, 5) is 28.5. The van der Waals surface area contributed by atoms with Gasteiger partial charge in [-0.15, -0.1) is 0 Å². The van der Waals surface area contributed by atoms with E-state index in [4.69, 9.17) is 4.42 Å². The van der Waals surface area contributed by atoms with Gasteiger partial charge in [-0.25, -0.2) is 4.98 Å². The summed E-state index contributed by atoms with van der Waals surface area (Å²) in [6.45, 7) is 3.91. The van der Waals surface area contributed by atoms with Gasteiger partial charge in [0.1, 0.15) is 5.76 Å². The van der Waals surface area contributed by atoms with E-state index in [1.807, 2.05) is 19.9 Å². The number of nitrogens with zero attached hydrogens (tertiary/aromatic N) is 1. The van der Waals surface area contributed by atoms with Crippen molar-refractivity contribution in [2.75, 3.05) is 5.32 Å². The third-order valence-electron chi connectivity index (χ3n) is 3.91. The molecule has 0 fully saturated rings. The standard InChI is InChI=1S/C20H19N3O3/c1-13-14(2)26-18(22-13)12-21-19(24)16-8-10-17(11-9-16)23-20(25)15-6-4-3-5-7-15/h3-11H,12H2,1-2H3,(H,21,24)(H,23,25). The average Bonchev–Trinajstić information content (AvgIpc) is 2.99. The lowest BCUT2D eigenvalue weighted by atomic mass is 10.1. The van der Waals surface area contributed by atoms with Crippen LogP contribution >= 0.6 is 0 Å². The zero-order valence-corrected chi connectivity index (χ0v) is 14.6. The van der Waals surface area contributed by atoms with Gasteiger partial charge in [-0.3, -0.25) is 9.59 Å². The van der Waals surface area contributed by atoms with Gasteiger partial charge >= 0.3 is 0 Å². The van der Waals surface area contributed by atoms with Gasteiger partial charge in [-0.1, -0.05) is 18.2 Å². The van der Waals surface area contributed by atoms with Crippen LogP contribution in [0.1, 0.15) is 38.1 Å². The van der Waals surface area contributed by atoms with Gasteiger partial charge in [0, 0.05) is 16.8 Å². The second-order valence-corrected chi connectivity index (χ2v) is 5.83. The minimum Gasteiger partial charge on any atom is -0.444 e. The Balaban J connectivity index is 1.58. The fourth-order valence-electron chi connectivity index (χ4n) is 2.37. The van der Waals surface area contributed by atoms with Crippen molar-refractivity contribution in [1.82, 2.24) is 10.3 Å². The maximum Gasteiger partial charge on any atom is 0.255 e. The Labute approximate surface area is 151 Å². The molecule has 0 bridgehead atoms. The number of aromatic nitrogens is 1. The molecule has 3 aromatic rings. The Bertz CT molecular complexity index is 896. The molecule has 0 radical (unpaired) electrons. The number of hydrogen-bond donors (Lipinski definition) is 2. The zero-order valence-electron chi connectivity index (χ0n) is 14.6. The Hall–Kier alpha value is -3.41. The number of hydrogen-bond acceptors (Lipinski definition) is 4. The van der Waals surface area contributed by atoms with Crippen molar-refractivity contribution in [3.63, 3.8) is 0 Å². The van der Waals surface area contributed by atoms with Crippen molar-refractivity contribution in [1.29, 1.82) is 0 Å². The zero-order chi connectivity index (χ0) is 18.5. The highest BCUT2D eigenvalue weighted by molar-refractivity contribution is 6.04. The summed E-state index contributed by atoms with van der Waals surface area (Å²) in [6.07, 6.45) is 0. The first-order valence-electron chi connectivity index (χ1n) is 8.20. The smallest absolute Gasteiger partial charge is 0.255 e. The predicted octanol–water partition coefficient (Wildman–Crippen LogP) is 3.47. The lowest BCUT2D eigenvalue weighted by molar-refractivity contribution is 0.0946. The lowest BCUT2D eigenvalue weighted by Crippen LogP contribution is -2.23. The monoisotopic (exact) mass is 349 g/mol. The van der Waals surface area contributed by atoms with E-state index >= 15 is 0 Å². The van der Waals surface area contributed by atoms with Crippen LogP contribution < -0.4 is 10.6 Å². The molecular formula is C20H19N3O3. The summed E-state index contributed by atoms with van der Waals surface area (Å²) in [5.41, 5.74) is 2.50. The Kier molecular flexibility index (Phi) is 5.12. The summed E-state index contributed by atoms with van der Waals surface area (Å²) < 4.78 is 5.43. The molecule has 0 saturated carbocycles. The first-order valence-corrected chi connectivity index (χ1v) is 8.20. The van der Waals surface area contributed by atoms with Crippen LogP contribution in [-0.2, 0) is 6.54 Å². The first-order chi connectivity index (χ1) is 12.5. The molecule has 1 aromatic heterocycles. The van der Waals surface area contributed by atoms with Crippen molar-refractivity contribution >= 4 is 17.5 Å². The van der Waals surface area contributed by atoms with Crippen LogP contribution in [-0.4, -0.2) is 16.8 Å². The molecule has 3 rings (SSSR count). The largest absolute Gasteiger partial charge is 0.444 e. The fourth-order valence-corrected chi connectivity index (χ4v) is 2.37. The van der Waals surface area contributed by atoms with Crippen LogP contribution in [0.15, 0.2) is 59.0 Å². The van der Waals surface area contributed by atoms with E-state index in [1.54, 1.807) is 48.5 Å². The molecule has 0 unspecified atom stereocenters. The van der Waals surface area contributed by atoms with Gasteiger partial charge in [0.2, 0.25) is 5.89 Å². The lowest BCUT2D eigenvalue weighted by Gasteiger charge is -2.07. The van der Waals surface area contributed by atoms with Gasteiger partial charge in [0.25, 0.3) is 11.8 Å². The molecule has 2 N–H and O–H groups in total. The topological polar surface area (TPSA) is 84.2 Å². The molecule has 0 saturated heterocycles. The SMILES string of the molecule is Cc1nc(CNC(=O)c2ccc(NC(=O)c3ccccc3)cc2)oc1C. The van der Waals surface area contributed by atoms with Crippen LogP contribution in [0.3, 0.4) is 0 Å². The summed E-state index contributed by atoms with van der Waals surface area (Å²) in [5.74, 6) is 0.782. The normalized spacial score (nSPS) is 10.4. The van der Waals surface area contributed by atoms with Crippen LogP contribution in [0.2, 0.25) is 0 Å². The molecule has 0 spiro atoms. The van der Waals surface area contributed by atoms with E-state index in [0.29, 0.717) is 22.7 Å². The second-order valence-electron chi connectivity index (χ2n) is 5.83. The highest BCUT2D eigenvalue weighted by Gasteiger charge is 2.10. The Morgan fingerprint density at radius 3 is 2.19 bits per heavy atom. The second kappa shape index (κ2) is 7.65.